The molecule has 0 aliphatic carbocycles. The first kappa shape index (κ1) is 12.5. The van der Waals surface area contributed by atoms with Crippen LogP contribution in [0.3, 0.4) is 0 Å². The van der Waals surface area contributed by atoms with Gasteiger partial charge in [-0.3, -0.25) is 0 Å². The highest BCUT2D eigenvalue weighted by Gasteiger charge is 2.09. The Morgan fingerprint density at radius 3 is 2.37 bits per heavy atom. The highest BCUT2D eigenvalue weighted by Crippen LogP contribution is 2.21. The lowest BCUT2D eigenvalue weighted by Gasteiger charge is -2.17. The highest BCUT2D eigenvalue weighted by molar-refractivity contribution is 5.85. The van der Waals surface area contributed by atoms with Crippen molar-refractivity contribution < 1.29 is 9.90 Å². The molecule has 1 N–H and O–H groups in total. The molecule has 2 aromatic rings. The van der Waals surface area contributed by atoms with Crippen LogP contribution >= 0.6 is 0 Å². The Labute approximate surface area is 109 Å². The van der Waals surface area contributed by atoms with Gasteiger partial charge in [0.1, 0.15) is 0 Å². The predicted molar refractivity (Wildman–Crippen MR) is 68.2 cm³/mol. The molecule has 2 rings (SSSR count). The third-order valence-electron chi connectivity index (χ3n) is 2.60. The third-order valence-corrected chi connectivity index (χ3v) is 2.60. The van der Waals surface area contributed by atoms with Gasteiger partial charge in [-0.1, -0.05) is 0 Å². The van der Waals surface area contributed by atoms with Crippen LogP contribution in [-0.2, 0) is 0 Å². The maximum absolute atomic E-state index is 10.7. The van der Waals surface area contributed by atoms with Crippen LogP contribution in [0.5, 0.6) is 0 Å². The minimum atomic E-state index is -1.11. The molecule has 0 aliphatic rings. The Hall–Kier alpha value is -2.94. The quantitative estimate of drug-likeness (QED) is 0.898. The maximum atomic E-state index is 10.7. The number of anilines is 2. The maximum Gasteiger partial charge on any atom is 0.356 e. The zero-order chi connectivity index (χ0) is 13.8. The van der Waals surface area contributed by atoms with Gasteiger partial charge < -0.3 is 10.0 Å². The van der Waals surface area contributed by atoms with E-state index in [-0.39, 0.29) is 5.69 Å². The molecule has 0 atom stereocenters. The fraction of sp³-hybridized carbons (Fsp3) is 0.0769. The van der Waals surface area contributed by atoms with E-state index in [1.54, 1.807) is 42.3 Å². The van der Waals surface area contributed by atoms with Crippen molar-refractivity contribution in [2.75, 3.05) is 11.9 Å². The number of nitrogens with zero attached hydrogens (tertiary/aromatic N) is 4. The summed E-state index contributed by atoms with van der Waals surface area (Å²) in [5, 5.41) is 24.9. The lowest BCUT2D eigenvalue weighted by molar-refractivity contribution is 0.0689. The average Bonchev–Trinajstić information content (AvgIpc) is 2.46. The first-order chi connectivity index (χ1) is 9.11. The van der Waals surface area contributed by atoms with Gasteiger partial charge >= 0.3 is 5.97 Å². The van der Waals surface area contributed by atoms with E-state index in [9.17, 15) is 4.79 Å². The highest BCUT2D eigenvalue weighted by atomic mass is 16.4. The van der Waals surface area contributed by atoms with Crippen molar-refractivity contribution in [3.8, 4) is 6.07 Å². The summed E-state index contributed by atoms with van der Waals surface area (Å²) in [7, 11) is 1.78. The Bertz CT molecular complexity index is 629. The van der Waals surface area contributed by atoms with Crippen molar-refractivity contribution in [1.29, 1.82) is 5.26 Å². The first-order valence-corrected chi connectivity index (χ1v) is 5.43. The monoisotopic (exact) mass is 254 g/mol. The minimum absolute atomic E-state index is 0.100. The van der Waals surface area contributed by atoms with Crippen LogP contribution in [0.4, 0.5) is 11.5 Å². The number of aromatic nitrogens is 2. The van der Waals surface area contributed by atoms with Crippen LogP contribution < -0.4 is 4.90 Å². The van der Waals surface area contributed by atoms with Crippen LogP contribution in [0.1, 0.15) is 16.1 Å². The molecule has 0 aliphatic heterocycles. The summed E-state index contributed by atoms with van der Waals surface area (Å²) in [5.74, 6) is -0.588. The molecule has 94 valence electrons. The molecule has 1 aromatic carbocycles. The summed E-state index contributed by atoms with van der Waals surface area (Å²) in [6, 6.07) is 12.0. The standard InChI is InChI=1S/C13H10N4O2/c1-17(10-4-2-9(8-14)3-5-10)12-7-6-11(13(18)19)15-16-12/h2-7H,1H3,(H,18,19). The molecule has 0 amide bonds. The third kappa shape index (κ3) is 2.66. The van der Waals surface area contributed by atoms with Crippen molar-refractivity contribution in [3.63, 3.8) is 0 Å². The Morgan fingerprint density at radius 1 is 1.21 bits per heavy atom. The van der Waals surface area contributed by atoms with Crippen LogP contribution in [0.25, 0.3) is 0 Å². The number of hydrogen-bond acceptors (Lipinski definition) is 5. The smallest absolute Gasteiger partial charge is 0.356 e. The number of benzene rings is 1. The molecule has 19 heavy (non-hydrogen) atoms. The van der Waals surface area contributed by atoms with E-state index in [0.717, 1.165) is 5.69 Å². The van der Waals surface area contributed by atoms with Crippen molar-refractivity contribution in [2.45, 2.75) is 0 Å². The van der Waals surface area contributed by atoms with Gasteiger partial charge in [-0.05, 0) is 36.4 Å². The summed E-state index contributed by atoms with van der Waals surface area (Å²) >= 11 is 0. The SMILES string of the molecule is CN(c1ccc(C#N)cc1)c1ccc(C(=O)O)nn1. The van der Waals surface area contributed by atoms with Crippen LogP contribution in [-0.4, -0.2) is 28.3 Å². The fourth-order valence-electron chi connectivity index (χ4n) is 1.51. The number of carboxylic acid groups (broad SMARTS) is 1. The van der Waals surface area contributed by atoms with Gasteiger partial charge in [0.05, 0.1) is 11.6 Å². The van der Waals surface area contributed by atoms with Crippen molar-refractivity contribution in [1.82, 2.24) is 10.2 Å². The summed E-state index contributed by atoms with van der Waals surface area (Å²) < 4.78 is 0. The van der Waals surface area contributed by atoms with Crippen LogP contribution in [0.2, 0.25) is 0 Å². The van der Waals surface area contributed by atoms with Gasteiger partial charge in [-0.15, -0.1) is 10.2 Å². The Balaban J connectivity index is 2.25. The Morgan fingerprint density at radius 2 is 1.89 bits per heavy atom. The molecule has 6 heteroatoms. The number of aromatic carboxylic acids is 1. The van der Waals surface area contributed by atoms with E-state index in [0.29, 0.717) is 11.4 Å². The van der Waals surface area contributed by atoms with E-state index in [1.165, 1.54) is 6.07 Å². The van der Waals surface area contributed by atoms with Crippen molar-refractivity contribution >= 4 is 17.5 Å². The molecule has 0 saturated heterocycles. The molecule has 0 fully saturated rings. The van der Waals surface area contributed by atoms with Gasteiger partial charge in [0, 0.05) is 12.7 Å². The number of hydrogen-bond donors (Lipinski definition) is 1. The number of nitriles is 1. The predicted octanol–water partition coefficient (Wildman–Crippen LogP) is 1.81. The second kappa shape index (κ2) is 5.14. The van der Waals surface area contributed by atoms with Gasteiger partial charge in [0.2, 0.25) is 0 Å². The zero-order valence-corrected chi connectivity index (χ0v) is 10.1. The zero-order valence-electron chi connectivity index (χ0n) is 10.1. The second-order valence-corrected chi connectivity index (χ2v) is 3.80. The molecular weight excluding hydrogens is 244 g/mol. The minimum Gasteiger partial charge on any atom is -0.476 e. The molecular formula is C13H10N4O2. The topological polar surface area (TPSA) is 90.1 Å². The summed E-state index contributed by atoms with van der Waals surface area (Å²) in [5.41, 5.74) is 1.30. The number of carbonyl (C=O) groups is 1. The van der Waals surface area contributed by atoms with E-state index in [4.69, 9.17) is 10.4 Å². The molecule has 0 bridgehead atoms. The fourth-order valence-corrected chi connectivity index (χ4v) is 1.51. The van der Waals surface area contributed by atoms with E-state index < -0.39 is 5.97 Å². The summed E-state index contributed by atoms with van der Waals surface area (Å²) in [4.78, 5) is 12.4. The first-order valence-electron chi connectivity index (χ1n) is 5.43. The second-order valence-electron chi connectivity index (χ2n) is 3.80. The number of rotatable bonds is 3. The van der Waals surface area contributed by atoms with Crippen molar-refractivity contribution in [2.24, 2.45) is 0 Å². The van der Waals surface area contributed by atoms with E-state index in [2.05, 4.69) is 10.2 Å². The van der Waals surface area contributed by atoms with E-state index in [1.807, 2.05) is 6.07 Å². The largest absolute Gasteiger partial charge is 0.476 e. The van der Waals surface area contributed by atoms with Gasteiger partial charge in [-0.25, -0.2) is 4.79 Å². The Kier molecular flexibility index (Phi) is 3.39. The molecule has 0 spiro atoms. The molecule has 1 aromatic heterocycles. The van der Waals surface area contributed by atoms with Crippen LogP contribution in [0.15, 0.2) is 36.4 Å². The molecule has 0 unspecified atom stereocenters. The van der Waals surface area contributed by atoms with E-state index >= 15 is 0 Å². The normalized spacial score (nSPS) is 9.68. The van der Waals surface area contributed by atoms with Gasteiger partial charge in [0.15, 0.2) is 11.5 Å². The summed E-state index contributed by atoms with van der Waals surface area (Å²) in [6.45, 7) is 0. The molecule has 1 heterocycles. The molecule has 0 radical (unpaired) electrons. The summed E-state index contributed by atoms with van der Waals surface area (Å²) in [6.07, 6.45) is 0. The molecule has 0 saturated carbocycles. The van der Waals surface area contributed by atoms with Crippen LogP contribution in [0, 0.1) is 11.3 Å². The van der Waals surface area contributed by atoms with Gasteiger partial charge in [-0.2, -0.15) is 5.26 Å². The lowest BCUT2D eigenvalue weighted by atomic mass is 10.2. The average molecular weight is 254 g/mol. The van der Waals surface area contributed by atoms with Crippen molar-refractivity contribution in [3.05, 3.63) is 47.7 Å². The number of carboxylic acids is 1. The van der Waals surface area contributed by atoms with Gasteiger partial charge in [0.25, 0.3) is 0 Å². The molecule has 6 nitrogen and oxygen atoms in total. The lowest BCUT2D eigenvalue weighted by Crippen LogP contribution is -2.13.